The summed E-state index contributed by atoms with van der Waals surface area (Å²) in [6, 6.07) is 28.5. The largest absolute Gasteiger partial charge is 0.547 e. The Morgan fingerprint density at radius 2 is 0.818 bits per heavy atom. The van der Waals surface area contributed by atoms with E-state index in [0.717, 1.165) is 33.8 Å². The molecule has 0 aromatic heterocycles. The molecule has 0 bridgehead atoms. The Morgan fingerprint density at radius 1 is 0.500 bits per heavy atom. The van der Waals surface area contributed by atoms with Crippen LogP contribution in [0, 0.1) is 0 Å². The summed E-state index contributed by atoms with van der Waals surface area (Å²) >= 11 is 0. The minimum Gasteiger partial charge on any atom is -0.547 e. The lowest BCUT2D eigenvalue weighted by atomic mass is 9.72. The van der Waals surface area contributed by atoms with Gasteiger partial charge in [0.25, 0.3) is 0 Å². The van der Waals surface area contributed by atoms with Gasteiger partial charge in [0, 0.05) is 23.0 Å². The zero-order valence-electron chi connectivity index (χ0n) is 28.1. The van der Waals surface area contributed by atoms with E-state index in [1.807, 2.05) is 24.3 Å². The van der Waals surface area contributed by atoms with Crippen LogP contribution in [0.3, 0.4) is 0 Å². The summed E-state index contributed by atoms with van der Waals surface area (Å²) < 4.78 is 13.5. The molecule has 0 fully saturated rings. The van der Waals surface area contributed by atoms with E-state index in [0.29, 0.717) is 0 Å². The maximum absolute atomic E-state index is 10.3. The van der Waals surface area contributed by atoms with Crippen LogP contribution in [-0.4, -0.2) is 28.3 Å². The Hall–Kier alpha value is -3.49. The molecular weight excluding hydrogens is 577 g/mol. The molecule has 0 aliphatic heterocycles. The SMILES string of the molecule is C[SiH](C)Oc1cc(C(C)(C)C)ccc1C(c1ccc(O)cc1)C(c1ccc(O)cc1)c1ccc(C(C)(C)C)cc1O[SiH](C)C. The van der Waals surface area contributed by atoms with Crippen molar-refractivity contribution in [1.82, 2.24) is 0 Å². The first kappa shape index (κ1) is 33.4. The van der Waals surface area contributed by atoms with Crippen LogP contribution < -0.4 is 8.85 Å². The Kier molecular flexibility index (Phi) is 10.1. The van der Waals surface area contributed by atoms with Crippen LogP contribution in [0.2, 0.25) is 26.2 Å². The summed E-state index contributed by atoms with van der Waals surface area (Å²) in [7, 11) is -2.95. The van der Waals surface area contributed by atoms with Crippen molar-refractivity contribution in [2.75, 3.05) is 0 Å². The van der Waals surface area contributed by atoms with Crippen molar-refractivity contribution in [1.29, 1.82) is 0 Å². The van der Waals surface area contributed by atoms with Gasteiger partial charge in [-0.25, -0.2) is 0 Å². The van der Waals surface area contributed by atoms with Crippen molar-refractivity contribution in [3.8, 4) is 23.0 Å². The lowest BCUT2D eigenvalue weighted by Gasteiger charge is -2.34. The molecule has 44 heavy (non-hydrogen) atoms. The molecule has 2 atom stereocenters. The van der Waals surface area contributed by atoms with Crippen LogP contribution in [0.1, 0.15) is 86.8 Å². The van der Waals surface area contributed by atoms with Gasteiger partial charge in [-0.1, -0.05) is 90.1 Å². The van der Waals surface area contributed by atoms with E-state index in [9.17, 15) is 10.2 Å². The summed E-state index contributed by atoms with van der Waals surface area (Å²) in [6.07, 6.45) is 0. The molecule has 0 aliphatic rings. The van der Waals surface area contributed by atoms with E-state index in [1.165, 1.54) is 11.1 Å². The third kappa shape index (κ3) is 7.96. The van der Waals surface area contributed by atoms with Crippen molar-refractivity contribution in [2.45, 2.75) is 90.4 Å². The minimum absolute atomic E-state index is 0.0365. The van der Waals surface area contributed by atoms with Crippen molar-refractivity contribution >= 4 is 18.1 Å². The highest BCUT2D eigenvalue weighted by atomic mass is 28.3. The molecular formula is C38H50O4Si2. The molecule has 0 spiro atoms. The highest BCUT2D eigenvalue weighted by molar-refractivity contribution is 6.49. The number of aromatic hydroxyl groups is 2. The molecule has 2 N–H and O–H groups in total. The minimum atomic E-state index is -1.48. The van der Waals surface area contributed by atoms with Crippen molar-refractivity contribution in [3.63, 3.8) is 0 Å². The Balaban J connectivity index is 2.10. The summed E-state index contributed by atoms with van der Waals surface area (Å²) in [5.41, 5.74) is 6.68. The van der Waals surface area contributed by atoms with Gasteiger partial charge in [-0.2, -0.15) is 0 Å². The van der Waals surface area contributed by atoms with Gasteiger partial charge in [-0.15, -0.1) is 0 Å². The van der Waals surface area contributed by atoms with Crippen molar-refractivity contribution < 1.29 is 19.1 Å². The maximum atomic E-state index is 10.3. The fourth-order valence-corrected chi connectivity index (χ4v) is 7.12. The highest BCUT2D eigenvalue weighted by Crippen LogP contribution is 2.50. The maximum Gasteiger partial charge on any atom is 0.229 e. The van der Waals surface area contributed by atoms with E-state index in [-0.39, 0.29) is 34.2 Å². The predicted molar refractivity (Wildman–Crippen MR) is 189 cm³/mol. The smallest absolute Gasteiger partial charge is 0.229 e. The van der Waals surface area contributed by atoms with Crippen LogP contribution in [0.5, 0.6) is 23.0 Å². The second-order valence-corrected chi connectivity index (χ2v) is 19.1. The fraction of sp³-hybridized carbons (Fsp3) is 0.368. The average Bonchev–Trinajstić information content (AvgIpc) is 2.92. The number of phenols is 2. The van der Waals surface area contributed by atoms with Crippen molar-refractivity contribution in [3.05, 3.63) is 118 Å². The van der Waals surface area contributed by atoms with E-state index in [1.54, 1.807) is 24.3 Å². The lowest BCUT2D eigenvalue weighted by Crippen LogP contribution is -2.22. The monoisotopic (exact) mass is 626 g/mol. The fourth-order valence-electron chi connectivity index (χ4n) is 5.69. The highest BCUT2D eigenvalue weighted by Gasteiger charge is 2.34. The lowest BCUT2D eigenvalue weighted by molar-refractivity contribution is 0.473. The second kappa shape index (κ2) is 13.2. The zero-order chi connectivity index (χ0) is 32.4. The van der Waals surface area contributed by atoms with E-state index in [2.05, 4.69) is 104 Å². The quantitative estimate of drug-likeness (QED) is 0.182. The number of benzene rings is 4. The van der Waals surface area contributed by atoms with E-state index in [4.69, 9.17) is 8.85 Å². The summed E-state index contributed by atoms with van der Waals surface area (Å²) in [4.78, 5) is 0. The third-order valence-corrected chi connectivity index (χ3v) is 9.44. The van der Waals surface area contributed by atoms with Crippen LogP contribution >= 0.6 is 0 Å². The standard InChI is InChI=1S/C38H50O4Si2/c1-37(2,3)27-15-21-31(33(23-27)41-43(7)8)35(25-11-17-29(39)18-12-25)36(26-13-19-30(40)20-14-26)32-22-16-28(38(4,5)6)24-34(32)42-44(9)10/h11-24,35-36,39-40,43-44H,1-10H3. The Morgan fingerprint density at radius 3 is 1.09 bits per heavy atom. The first-order valence-electron chi connectivity index (χ1n) is 15.7. The van der Waals surface area contributed by atoms with Crippen molar-refractivity contribution in [2.24, 2.45) is 0 Å². The Bertz CT molecular complexity index is 1430. The molecule has 4 aromatic rings. The molecule has 4 aromatic carbocycles. The van der Waals surface area contributed by atoms with Crippen LogP contribution in [-0.2, 0) is 10.8 Å². The van der Waals surface area contributed by atoms with Gasteiger partial charge in [0.15, 0.2) is 0 Å². The molecule has 4 rings (SSSR count). The Labute approximate surface area is 268 Å². The molecule has 2 unspecified atom stereocenters. The number of phenolic OH excluding ortho intramolecular Hbond substituents is 2. The average molecular weight is 627 g/mol. The normalized spacial score (nSPS) is 13.6. The molecule has 0 saturated carbocycles. The molecule has 0 radical (unpaired) electrons. The molecule has 0 saturated heterocycles. The van der Waals surface area contributed by atoms with Crippen LogP contribution in [0.4, 0.5) is 0 Å². The van der Waals surface area contributed by atoms with Crippen LogP contribution in [0.25, 0.3) is 0 Å². The van der Waals surface area contributed by atoms with Gasteiger partial charge in [-0.05, 0) is 95.7 Å². The van der Waals surface area contributed by atoms with Gasteiger partial charge in [-0.3, -0.25) is 0 Å². The van der Waals surface area contributed by atoms with Crippen LogP contribution in [0.15, 0.2) is 84.9 Å². The number of rotatable bonds is 9. The first-order valence-corrected chi connectivity index (χ1v) is 21.3. The molecule has 6 heteroatoms. The zero-order valence-corrected chi connectivity index (χ0v) is 30.4. The number of hydrogen-bond acceptors (Lipinski definition) is 4. The van der Waals surface area contributed by atoms with E-state index < -0.39 is 18.1 Å². The topological polar surface area (TPSA) is 58.9 Å². The predicted octanol–water partition coefficient (Wildman–Crippen LogP) is 9.38. The van der Waals surface area contributed by atoms with Gasteiger partial charge >= 0.3 is 0 Å². The second-order valence-electron chi connectivity index (χ2n) is 14.5. The van der Waals surface area contributed by atoms with E-state index >= 15 is 0 Å². The van der Waals surface area contributed by atoms with Gasteiger partial charge in [0.05, 0.1) is 0 Å². The summed E-state index contributed by atoms with van der Waals surface area (Å²) in [5.74, 6) is 1.93. The van der Waals surface area contributed by atoms with Gasteiger partial charge in [0.1, 0.15) is 23.0 Å². The molecule has 0 heterocycles. The molecule has 234 valence electrons. The molecule has 0 aliphatic carbocycles. The summed E-state index contributed by atoms with van der Waals surface area (Å²) in [6.45, 7) is 22.2. The first-order chi connectivity index (χ1) is 20.5. The third-order valence-electron chi connectivity index (χ3n) is 7.99. The summed E-state index contributed by atoms with van der Waals surface area (Å²) in [5, 5.41) is 20.6. The molecule has 4 nitrogen and oxygen atoms in total. The number of hydrogen-bond donors (Lipinski definition) is 2. The van der Waals surface area contributed by atoms with Gasteiger partial charge in [0.2, 0.25) is 18.1 Å². The molecule has 0 amide bonds. The van der Waals surface area contributed by atoms with Gasteiger partial charge < -0.3 is 19.1 Å².